The number of amides is 1. The van der Waals surface area contributed by atoms with E-state index >= 15 is 0 Å². The molecule has 2 aromatic heterocycles. The van der Waals surface area contributed by atoms with Crippen molar-refractivity contribution in [1.29, 1.82) is 0 Å². The van der Waals surface area contributed by atoms with Gasteiger partial charge in [0.05, 0.1) is 23.6 Å². The van der Waals surface area contributed by atoms with Gasteiger partial charge in [-0.25, -0.2) is 4.98 Å². The first-order chi connectivity index (χ1) is 14.8. The van der Waals surface area contributed by atoms with Crippen molar-refractivity contribution in [3.8, 4) is 0 Å². The summed E-state index contributed by atoms with van der Waals surface area (Å²) in [6.07, 6.45) is 3.30. The van der Waals surface area contributed by atoms with Gasteiger partial charge in [0.25, 0.3) is 5.91 Å². The number of pyridine rings is 1. The van der Waals surface area contributed by atoms with Crippen molar-refractivity contribution in [3.63, 3.8) is 0 Å². The van der Waals surface area contributed by atoms with Crippen molar-refractivity contribution in [2.75, 3.05) is 23.3 Å². The van der Waals surface area contributed by atoms with E-state index < -0.39 is 17.6 Å². The molecular weight excluding hydrogens is 407 g/mol. The molecule has 0 spiro atoms. The van der Waals surface area contributed by atoms with Gasteiger partial charge in [-0.2, -0.15) is 13.2 Å². The molecule has 3 heterocycles. The zero-order chi connectivity index (χ0) is 22.0. The van der Waals surface area contributed by atoms with E-state index in [4.69, 9.17) is 0 Å². The molecule has 9 heteroatoms. The molecule has 0 aliphatic carbocycles. The molecule has 1 aliphatic rings. The summed E-state index contributed by atoms with van der Waals surface area (Å²) in [6, 6.07) is 6.22. The topological polar surface area (TPSA) is 71.0 Å². The summed E-state index contributed by atoms with van der Waals surface area (Å²) in [6.45, 7) is 3.57. The summed E-state index contributed by atoms with van der Waals surface area (Å²) < 4.78 is 38.7. The Bertz CT molecular complexity index is 1090. The molecule has 4 rings (SSSR count). The van der Waals surface area contributed by atoms with E-state index in [1.165, 1.54) is 6.20 Å². The van der Waals surface area contributed by atoms with Crippen molar-refractivity contribution in [1.82, 2.24) is 15.0 Å². The Morgan fingerprint density at radius 1 is 1.13 bits per heavy atom. The maximum absolute atomic E-state index is 12.9. The normalized spacial score (nSPS) is 16.4. The third-order valence-electron chi connectivity index (χ3n) is 5.37. The number of carbonyl (C=O) groups is 1. The zero-order valence-electron chi connectivity index (χ0n) is 16.7. The largest absolute Gasteiger partial charge is 0.417 e. The molecule has 1 amide bonds. The van der Waals surface area contributed by atoms with Gasteiger partial charge in [0.15, 0.2) is 0 Å². The number of nitrogens with one attached hydrogen (secondary N) is 1. The van der Waals surface area contributed by atoms with Gasteiger partial charge in [0.1, 0.15) is 5.82 Å². The summed E-state index contributed by atoms with van der Waals surface area (Å²) in [5, 5.41) is 2.51. The summed E-state index contributed by atoms with van der Waals surface area (Å²) in [7, 11) is 0. The van der Waals surface area contributed by atoms with Gasteiger partial charge in [-0.3, -0.25) is 14.8 Å². The molecule has 6 nitrogen and oxygen atoms in total. The lowest BCUT2D eigenvalue weighted by atomic mass is 9.92. The Morgan fingerprint density at radius 2 is 1.97 bits per heavy atom. The summed E-state index contributed by atoms with van der Waals surface area (Å²) in [5.74, 6) is 0.546. The zero-order valence-corrected chi connectivity index (χ0v) is 16.7. The molecular formula is C22H20F3N5O. The number of hydrogen-bond acceptors (Lipinski definition) is 5. The highest BCUT2D eigenvalue weighted by Crippen LogP contribution is 2.33. The molecule has 3 aromatic rings. The van der Waals surface area contributed by atoms with E-state index in [0.717, 1.165) is 48.7 Å². The summed E-state index contributed by atoms with van der Waals surface area (Å²) in [5.41, 5.74) is 1.57. The monoisotopic (exact) mass is 427 g/mol. The Hall–Kier alpha value is -3.49. The second-order valence-electron chi connectivity index (χ2n) is 7.48. The fourth-order valence-electron chi connectivity index (χ4n) is 3.76. The van der Waals surface area contributed by atoms with Crippen LogP contribution in [-0.2, 0) is 6.18 Å². The quantitative estimate of drug-likeness (QED) is 0.666. The van der Waals surface area contributed by atoms with E-state index in [-0.39, 0.29) is 11.6 Å². The number of carbonyl (C=O) groups excluding carboxylic acids is 1. The first-order valence-corrected chi connectivity index (χ1v) is 9.76. The number of anilines is 2. The number of alkyl halides is 3. The Labute approximate surface area is 177 Å². The van der Waals surface area contributed by atoms with Gasteiger partial charge in [-0.1, -0.05) is 6.07 Å². The van der Waals surface area contributed by atoms with Gasteiger partial charge in [-0.15, -0.1) is 0 Å². The molecule has 1 N–H and O–H groups in total. The maximum Gasteiger partial charge on any atom is 0.417 e. The Morgan fingerprint density at radius 3 is 2.71 bits per heavy atom. The fourth-order valence-corrected chi connectivity index (χ4v) is 3.76. The van der Waals surface area contributed by atoms with Crippen molar-refractivity contribution in [3.05, 3.63) is 77.5 Å². The minimum atomic E-state index is -4.53. The minimum Gasteiger partial charge on any atom is -0.355 e. The number of halogens is 3. The van der Waals surface area contributed by atoms with E-state index in [1.54, 1.807) is 24.7 Å². The lowest BCUT2D eigenvalue weighted by molar-refractivity contribution is -0.137. The smallest absolute Gasteiger partial charge is 0.355 e. The maximum atomic E-state index is 12.9. The van der Waals surface area contributed by atoms with Crippen LogP contribution in [0.2, 0.25) is 0 Å². The van der Waals surface area contributed by atoms with Crippen molar-refractivity contribution in [2.45, 2.75) is 25.4 Å². The third-order valence-corrected chi connectivity index (χ3v) is 5.37. The van der Waals surface area contributed by atoms with Crippen LogP contribution < -0.4 is 10.2 Å². The molecule has 0 bridgehead atoms. The van der Waals surface area contributed by atoms with Crippen molar-refractivity contribution < 1.29 is 18.0 Å². The fraction of sp³-hybridized carbons (Fsp3) is 0.273. The average Bonchev–Trinajstić information content (AvgIpc) is 3.24. The first-order valence-electron chi connectivity index (χ1n) is 9.76. The van der Waals surface area contributed by atoms with Crippen LogP contribution in [0.5, 0.6) is 0 Å². The lowest BCUT2D eigenvalue weighted by Gasteiger charge is -2.18. The molecule has 1 atom stereocenters. The average molecular weight is 427 g/mol. The van der Waals surface area contributed by atoms with Crippen molar-refractivity contribution in [2.24, 2.45) is 0 Å². The molecule has 0 unspecified atom stereocenters. The number of aryl methyl sites for hydroxylation is 1. The van der Waals surface area contributed by atoms with Gasteiger partial charge in [0, 0.05) is 43.2 Å². The van der Waals surface area contributed by atoms with Crippen LogP contribution in [0.4, 0.5) is 24.7 Å². The minimum absolute atomic E-state index is 0.00311. The van der Waals surface area contributed by atoms with Crippen LogP contribution >= 0.6 is 0 Å². The molecule has 31 heavy (non-hydrogen) atoms. The second kappa shape index (κ2) is 8.33. The lowest BCUT2D eigenvalue weighted by Crippen LogP contribution is -2.20. The number of rotatable bonds is 4. The second-order valence-corrected chi connectivity index (χ2v) is 7.48. The highest BCUT2D eigenvalue weighted by Gasteiger charge is 2.31. The molecule has 1 saturated heterocycles. The molecule has 1 fully saturated rings. The number of aromatic nitrogens is 3. The van der Waals surface area contributed by atoms with Gasteiger partial charge in [-0.05, 0) is 42.7 Å². The number of benzene rings is 1. The van der Waals surface area contributed by atoms with Crippen LogP contribution in [0.25, 0.3) is 0 Å². The van der Waals surface area contributed by atoms with E-state index in [1.807, 2.05) is 19.1 Å². The van der Waals surface area contributed by atoms with Gasteiger partial charge >= 0.3 is 6.18 Å². The summed E-state index contributed by atoms with van der Waals surface area (Å²) in [4.78, 5) is 26.9. The van der Waals surface area contributed by atoms with E-state index in [9.17, 15) is 18.0 Å². The molecule has 1 aromatic carbocycles. The Balaban J connectivity index is 1.51. The van der Waals surface area contributed by atoms with Crippen molar-refractivity contribution >= 4 is 17.4 Å². The van der Waals surface area contributed by atoms with Crippen LogP contribution in [0, 0.1) is 6.92 Å². The van der Waals surface area contributed by atoms with Gasteiger partial charge in [0.2, 0.25) is 0 Å². The first kappa shape index (κ1) is 20.8. The SMILES string of the molecule is Cc1ccc(C(=O)Nc2cncc(C(F)(F)F)c2)cc1[C@@H]1CCN(c2cnccn2)C1. The van der Waals surface area contributed by atoms with Crippen LogP contribution in [-0.4, -0.2) is 33.9 Å². The molecule has 0 saturated carbocycles. The predicted molar refractivity (Wildman–Crippen MR) is 110 cm³/mol. The van der Waals surface area contributed by atoms with E-state index in [2.05, 4.69) is 25.2 Å². The molecule has 160 valence electrons. The van der Waals surface area contributed by atoms with Gasteiger partial charge < -0.3 is 10.2 Å². The summed E-state index contributed by atoms with van der Waals surface area (Å²) >= 11 is 0. The predicted octanol–water partition coefficient (Wildman–Crippen LogP) is 4.45. The van der Waals surface area contributed by atoms with Crippen LogP contribution in [0.15, 0.2) is 55.2 Å². The van der Waals surface area contributed by atoms with Crippen LogP contribution in [0.1, 0.15) is 39.4 Å². The Kier molecular flexibility index (Phi) is 5.58. The highest BCUT2D eigenvalue weighted by atomic mass is 19.4. The third kappa shape index (κ3) is 4.65. The van der Waals surface area contributed by atoms with E-state index in [0.29, 0.717) is 5.56 Å². The highest BCUT2D eigenvalue weighted by molar-refractivity contribution is 6.04. The molecule has 1 aliphatic heterocycles. The van der Waals surface area contributed by atoms with Crippen LogP contribution in [0.3, 0.4) is 0 Å². The molecule has 0 radical (unpaired) electrons. The standard InChI is InChI=1S/C22H20F3N5O/c1-14-2-3-15(21(31)29-18-9-17(10-27-11-18)22(23,24)25)8-19(14)16-4-7-30(13-16)20-12-26-5-6-28-20/h2-3,5-6,8-12,16H,4,7,13H2,1H3,(H,29,31)/t16-/m1/s1. The number of hydrogen-bond donors (Lipinski definition) is 1. The number of nitrogens with zero attached hydrogens (tertiary/aromatic N) is 4.